The van der Waals surface area contributed by atoms with E-state index in [1.54, 1.807) is 24.3 Å². The monoisotopic (exact) mass is 380 g/mol. The van der Waals surface area contributed by atoms with Gasteiger partial charge in [-0.1, -0.05) is 17.2 Å². The van der Waals surface area contributed by atoms with Gasteiger partial charge in [-0.3, -0.25) is 9.59 Å². The summed E-state index contributed by atoms with van der Waals surface area (Å²) in [5.41, 5.74) is 3.18. The van der Waals surface area contributed by atoms with Crippen molar-refractivity contribution in [1.82, 2.24) is 5.32 Å². The van der Waals surface area contributed by atoms with Crippen molar-refractivity contribution in [3.63, 3.8) is 0 Å². The summed E-state index contributed by atoms with van der Waals surface area (Å²) in [5, 5.41) is 5.45. The maximum absolute atomic E-state index is 12.3. The van der Waals surface area contributed by atoms with E-state index < -0.39 is 5.79 Å². The molecular weight excluding hydrogens is 356 g/mol. The van der Waals surface area contributed by atoms with Crippen LogP contribution >= 0.6 is 0 Å². The van der Waals surface area contributed by atoms with Crippen LogP contribution in [-0.2, 0) is 4.79 Å². The van der Waals surface area contributed by atoms with Gasteiger partial charge < -0.3 is 20.1 Å². The van der Waals surface area contributed by atoms with Gasteiger partial charge in [0.25, 0.3) is 11.7 Å². The summed E-state index contributed by atoms with van der Waals surface area (Å²) in [6, 6.07) is 11.0. The van der Waals surface area contributed by atoms with Crippen molar-refractivity contribution in [2.75, 3.05) is 11.9 Å². The topological polar surface area (TPSA) is 76.7 Å². The summed E-state index contributed by atoms with van der Waals surface area (Å²) in [7, 11) is 0. The van der Waals surface area contributed by atoms with Crippen molar-refractivity contribution < 1.29 is 19.1 Å². The van der Waals surface area contributed by atoms with Gasteiger partial charge in [0.2, 0.25) is 5.91 Å². The summed E-state index contributed by atoms with van der Waals surface area (Å²) in [4.78, 5) is 24.5. The van der Waals surface area contributed by atoms with Gasteiger partial charge in [0.05, 0.1) is 6.54 Å². The van der Waals surface area contributed by atoms with Gasteiger partial charge in [-0.15, -0.1) is 0 Å². The molecule has 1 fully saturated rings. The Morgan fingerprint density at radius 3 is 2.36 bits per heavy atom. The smallest absolute Gasteiger partial charge is 0.251 e. The highest BCUT2D eigenvalue weighted by atomic mass is 16.7. The first-order chi connectivity index (χ1) is 13.4. The van der Waals surface area contributed by atoms with Crippen LogP contribution in [0.1, 0.15) is 47.2 Å². The normalized spacial score (nSPS) is 16.2. The number of nitrogens with one attached hydrogen (secondary N) is 2. The first-order valence-corrected chi connectivity index (χ1v) is 9.61. The van der Waals surface area contributed by atoms with E-state index >= 15 is 0 Å². The molecule has 2 N–H and O–H groups in total. The zero-order valence-corrected chi connectivity index (χ0v) is 16.1. The Kier molecular flexibility index (Phi) is 4.71. The Morgan fingerprint density at radius 1 is 0.964 bits per heavy atom. The largest absolute Gasteiger partial charge is 0.448 e. The molecule has 1 spiro atoms. The molecule has 6 heteroatoms. The van der Waals surface area contributed by atoms with Crippen molar-refractivity contribution in [3.8, 4) is 11.5 Å². The zero-order chi connectivity index (χ0) is 19.7. The van der Waals surface area contributed by atoms with E-state index in [1.165, 1.54) is 0 Å². The molecule has 0 atom stereocenters. The molecule has 0 saturated heterocycles. The minimum atomic E-state index is -0.523. The summed E-state index contributed by atoms with van der Waals surface area (Å²) < 4.78 is 12.0. The quantitative estimate of drug-likeness (QED) is 0.848. The van der Waals surface area contributed by atoms with E-state index in [1.807, 2.05) is 26.0 Å². The summed E-state index contributed by atoms with van der Waals surface area (Å²) in [6.45, 7) is 3.77. The van der Waals surface area contributed by atoms with Crippen LogP contribution in [0.15, 0.2) is 36.4 Å². The predicted octanol–water partition coefficient (Wildman–Crippen LogP) is 3.71. The van der Waals surface area contributed by atoms with Crippen LogP contribution in [0.25, 0.3) is 0 Å². The second-order valence-electron chi connectivity index (χ2n) is 7.59. The van der Waals surface area contributed by atoms with Crippen LogP contribution in [-0.4, -0.2) is 24.1 Å². The number of rotatable bonds is 4. The van der Waals surface area contributed by atoms with E-state index in [0.717, 1.165) is 36.8 Å². The molecule has 2 aromatic carbocycles. The fourth-order valence-corrected chi connectivity index (χ4v) is 3.86. The fourth-order valence-electron chi connectivity index (χ4n) is 3.86. The van der Waals surface area contributed by atoms with Crippen LogP contribution in [0.4, 0.5) is 5.69 Å². The van der Waals surface area contributed by atoms with E-state index in [4.69, 9.17) is 9.47 Å². The van der Waals surface area contributed by atoms with E-state index in [2.05, 4.69) is 10.6 Å². The molecule has 28 heavy (non-hydrogen) atoms. The minimum Gasteiger partial charge on any atom is -0.448 e. The lowest BCUT2D eigenvalue weighted by Gasteiger charge is -2.21. The number of carbonyl (C=O) groups is 2. The highest BCUT2D eigenvalue weighted by molar-refractivity contribution is 5.99. The lowest BCUT2D eigenvalue weighted by molar-refractivity contribution is -0.115. The van der Waals surface area contributed by atoms with E-state index in [0.29, 0.717) is 22.7 Å². The van der Waals surface area contributed by atoms with Crippen molar-refractivity contribution in [2.45, 2.75) is 45.3 Å². The number of ether oxygens (including phenoxy) is 2. The summed E-state index contributed by atoms with van der Waals surface area (Å²) in [6.07, 6.45) is 3.96. The van der Waals surface area contributed by atoms with Crippen molar-refractivity contribution in [1.29, 1.82) is 0 Å². The number of fused-ring (bicyclic) bond motifs is 1. The van der Waals surface area contributed by atoms with Gasteiger partial charge >= 0.3 is 0 Å². The molecule has 2 amide bonds. The maximum Gasteiger partial charge on any atom is 0.251 e. The van der Waals surface area contributed by atoms with Gasteiger partial charge in [0.15, 0.2) is 11.5 Å². The SMILES string of the molecule is Cc1cc(C)cc(C(=O)NCC(=O)Nc2ccc3c(c2)OC2(CCCC2)O3)c1. The Balaban J connectivity index is 1.34. The number of hydrogen-bond acceptors (Lipinski definition) is 4. The van der Waals surface area contributed by atoms with Gasteiger partial charge in [-0.2, -0.15) is 0 Å². The predicted molar refractivity (Wildman–Crippen MR) is 106 cm³/mol. The molecule has 6 nitrogen and oxygen atoms in total. The first kappa shape index (κ1) is 18.3. The molecule has 0 radical (unpaired) electrons. The molecule has 1 saturated carbocycles. The average molecular weight is 380 g/mol. The van der Waals surface area contributed by atoms with Crippen LogP contribution in [0, 0.1) is 13.8 Å². The third-order valence-electron chi connectivity index (χ3n) is 5.08. The van der Waals surface area contributed by atoms with Crippen LogP contribution in [0.2, 0.25) is 0 Å². The van der Waals surface area contributed by atoms with Crippen LogP contribution in [0.5, 0.6) is 11.5 Å². The third-order valence-corrected chi connectivity index (χ3v) is 5.08. The molecule has 0 aromatic heterocycles. The fraction of sp³-hybridized carbons (Fsp3) is 0.364. The summed E-state index contributed by atoms with van der Waals surface area (Å²) >= 11 is 0. The lowest BCUT2D eigenvalue weighted by atomic mass is 10.1. The molecule has 1 heterocycles. The number of aryl methyl sites for hydroxylation is 2. The van der Waals surface area contributed by atoms with Gasteiger partial charge in [0.1, 0.15) is 0 Å². The van der Waals surface area contributed by atoms with Crippen molar-refractivity contribution >= 4 is 17.5 Å². The molecule has 0 bridgehead atoms. The number of carbonyl (C=O) groups excluding carboxylic acids is 2. The molecule has 2 aliphatic rings. The zero-order valence-electron chi connectivity index (χ0n) is 16.1. The number of anilines is 1. The third kappa shape index (κ3) is 3.81. The number of hydrogen-bond donors (Lipinski definition) is 2. The Morgan fingerprint density at radius 2 is 1.64 bits per heavy atom. The van der Waals surface area contributed by atoms with E-state index in [9.17, 15) is 9.59 Å². The number of benzene rings is 2. The average Bonchev–Trinajstić information content (AvgIpc) is 3.24. The van der Waals surface area contributed by atoms with E-state index in [-0.39, 0.29) is 18.4 Å². The standard InChI is InChI=1S/C22H24N2O4/c1-14-9-15(2)11-16(10-14)21(26)23-13-20(25)24-17-5-6-18-19(12-17)28-22(27-18)7-3-4-8-22/h5-6,9-12H,3-4,7-8,13H2,1-2H3,(H,23,26)(H,24,25). The molecular formula is C22H24N2O4. The van der Waals surface area contributed by atoms with Crippen LogP contribution < -0.4 is 20.1 Å². The molecule has 0 unspecified atom stereocenters. The van der Waals surface area contributed by atoms with Gasteiger partial charge in [-0.05, 0) is 51.0 Å². The molecule has 1 aliphatic heterocycles. The lowest BCUT2D eigenvalue weighted by Crippen LogP contribution is -2.34. The Hall–Kier alpha value is -3.02. The molecule has 4 rings (SSSR count). The Bertz CT molecular complexity index is 912. The van der Waals surface area contributed by atoms with Crippen molar-refractivity contribution in [3.05, 3.63) is 53.1 Å². The second kappa shape index (κ2) is 7.19. The molecule has 1 aliphatic carbocycles. The van der Waals surface area contributed by atoms with Crippen LogP contribution in [0.3, 0.4) is 0 Å². The summed E-state index contributed by atoms with van der Waals surface area (Å²) in [5.74, 6) is 0.273. The Labute approximate surface area is 164 Å². The first-order valence-electron chi connectivity index (χ1n) is 9.61. The van der Waals surface area contributed by atoms with Gasteiger partial charge in [-0.25, -0.2) is 0 Å². The maximum atomic E-state index is 12.3. The highest BCUT2D eigenvalue weighted by Gasteiger charge is 2.44. The second-order valence-corrected chi connectivity index (χ2v) is 7.59. The highest BCUT2D eigenvalue weighted by Crippen LogP contribution is 2.47. The number of amides is 2. The minimum absolute atomic E-state index is 0.107. The molecule has 2 aromatic rings. The van der Waals surface area contributed by atoms with Gasteiger partial charge in [0, 0.05) is 30.2 Å². The molecule has 146 valence electrons. The van der Waals surface area contributed by atoms with Crippen molar-refractivity contribution in [2.24, 2.45) is 0 Å².